The van der Waals surface area contributed by atoms with Crippen LogP contribution in [0.2, 0.25) is 0 Å². The number of hydrogen-bond donors (Lipinski definition) is 2. The van der Waals surface area contributed by atoms with E-state index in [1.54, 1.807) is 12.1 Å². The average molecular weight is 504 g/mol. The third-order valence-electron chi connectivity index (χ3n) is 6.82. The number of nitrogens with zero attached hydrogens (tertiary/aromatic N) is 2. The second-order valence-electron chi connectivity index (χ2n) is 9.89. The summed E-state index contributed by atoms with van der Waals surface area (Å²) >= 11 is 0. The second-order valence-corrected chi connectivity index (χ2v) is 9.89. The van der Waals surface area contributed by atoms with E-state index in [1.807, 2.05) is 37.3 Å². The lowest BCUT2D eigenvalue weighted by atomic mass is 10.0. The number of aromatic nitrogens is 2. The molecule has 1 fully saturated rings. The highest BCUT2D eigenvalue weighted by molar-refractivity contribution is 6.02. The monoisotopic (exact) mass is 503 g/mol. The van der Waals surface area contributed by atoms with Crippen LogP contribution >= 0.6 is 0 Å². The number of carbonyl (C=O) groups is 1. The molecular weight excluding hydrogens is 468 g/mol. The van der Waals surface area contributed by atoms with E-state index in [-0.39, 0.29) is 18.3 Å². The summed E-state index contributed by atoms with van der Waals surface area (Å²) in [5.41, 5.74) is 4.13. The van der Waals surface area contributed by atoms with Crippen molar-refractivity contribution in [3.05, 3.63) is 77.2 Å². The number of amides is 1. The molecule has 0 spiro atoms. The van der Waals surface area contributed by atoms with Gasteiger partial charge in [-0.2, -0.15) is 0 Å². The molecule has 8 nitrogen and oxygen atoms in total. The summed E-state index contributed by atoms with van der Waals surface area (Å²) in [4.78, 5) is 19.3. The Bertz CT molecular complexity index is 1370. The molecule has 0 unspecified atom stereocenters. The Kier molecular flexibility index (Phi) is 7.58. The number of quaternary nitrogens is 1. The number of morpholine rings is 1. The summed E-state index contributed by atoms with van der Waals surface area (Å²) < 4.78 is 19.5. The van der Waals surface area contributed by atoms with Gasteiger partial charge in [0.15, 0.2) is 5.76 Å². The second kappa shape index (κ2) is 11.2. The van der Waals surface area contributed by atoms with Gasteiger partial charge in [-0.25, -0.2) is 4.98 Å². The highest BCUT2D eigenvalue weighted by Gasteiger charge is 2.20. The van der Waals surface area contributed by atoms with Crippen LogP contribution in [0.1, 0.15) is 47.2 Å². The largest absolute Gasteiger partial charge is 0.485 e. The standard InChI is InChI=1S/C29H34N4O4/c1-20(2)23-10-8-21(3)18-27(23)36-19-22-9-11-26(37-22)28(34)31-29-30-24-6-4-5-7-25(24)33(29)13-12-32-14-16-35-17-15-32/h4-11,18,20H,12-17,19H2,1-3H3,(H,30,31,34)/p+1. The fourth-order valence-electron chi connectivity index (χ4n) is 4.71. The summed E-state index contributed by atoms with van der Waals surface area (Å²) in [7, 11) is 0. The average Bonchev–Trinajstić information content (AvgIpc) is 3.51. The van der Waals surface area contributed by atoms with Gasteiger partial charge in [0.25, 0.3) is 5.91 Å². The van der Waals surface area contributed by atoms with Gasteiger partial charge in [0.2, 0.25) is 5.95 Å². The van der Waals surface area contributed by atoms with Crippen LogP contribution in [-0.2, 0) is 17.9 Å². The number of aryl methyl sites for hydroxylation is 1. The maximum Gasteiger partial charge on any atom is 0.293 e. The Hall–Kier alpha value is -3.62. The van der Waals surface area contributed by atoms with Gasteiger partial charge in [0, 0.05) is 0 Å². The predicted octanol–water partition coefficient (Wildman–Crippen LogP) is 3.81. The number of ether oxygens (including phenoxy) is 2. The highest BCUT2D eigenvalue weighted by Crippen LogP contribution is 2.28. The number of hydrogen-bond acceptors (Lipinski definition) is 5. The van der Waals surface area contributed by atoms with Crippen LogP contribution in [0.25, 0.3) is 11.0 Å². The molecule has 2 aromatic carbocycles. The minimum Gasteiger partial charge on any atom is -0.485 e. The third-order valence-corrected chi connectivity index (χ3v) is 6.82. The van der Waals surface area contributed by atoms with E-state index >= 15 is 0 Å². The van der Waals surface area contributed by atoms with Crippen molar-refractivity contribution in [2.24, 2.45) is 0 Å². The van der Waals surface area contributed by atoms with Crippen LogP contribution in [-0.4, -0.2) is 48.3 Å². The Morgan fingerprint density at radius 3 is 2.76 bits per heavy atom. The molecule has 194 valence electrons. The molecule has 0 saturated carbocycles. The summed E-state index contributed by atoms with van der Waals surface area (Å²) in [5, 5.41) is 2.97. The van der Waals surface area contributed by atoms with E-state index in [9.17, 15) is 4.79 Å². The quantitative estimate of drug-likeness (QED) is 0.363. The Balaban J connectivity index is 1.28. The van der Waals surface area contributed by atoms with Crippen molar-refractivity contribution in [3.63, 3.8) is 0 Å². The van der Waals surface area contributed by atoms with Gasteiger partial charge in [0.05, 0.1) is 37.3 Å². The maximum absolute atomic E-state index is 13.1. The van der Waals surface area contributed by atoms with Gasteiger partial charge >= 0.3 is 0 Å². The van der Waals surface area contributed by atoms with E-state index in [2.05, 4.69) is 40.8 Å². The van der Waals surface area contributed by atoms with Crippen molar-refractivity contribution in [1.82, 2.24) is 9.55 Å². The zero-order valence-corrected chi connectivity index (χ0v) is 21.8. The van der Waals surface area contributed by atoms with E-state index in [1.165, 1.54) is 4.90 Å². The Morgan fingerprint density at radius 1 is 1.14 bits per heavy atom. The molecular formula is C29H35N4O4+. The molecule has 1 amide bonds. The minimum atomic E-state index is -0.333. The third kappa shape index (κ3) is 5.87. The first kappa shape index (κ1) is 25.0. The Morgan fingerprint density at radius 2 is 1.95 bits per heavy atom. The smallest absolute Gasteiger partial charge is 0.293 e. The molecule has 1 saturated heterocycles. The normalized spacial score (nSPS) is 14.4. The lowest BCUT2D eigenvalue weighted by Gasteiger charge is -2.24. The van der Waals surface area contributed by atoms with Gasteiger partial charge in [-0.15, -0.1) is 0 Å². The fraction of sp³-hybridized carbons (Fsp3) is 0.379. The Labute approximate surface area is 217 Å². The number of fused-ring (bicyclic) bond motifs is 1. The number of furan rings is 1. The first-order chi connectivity index (χ1) is 18.0. The molecule has 8 heteroatoms. The number of nitrogens with one attached hydrogen (secondary N) is 2. The molecule has 0 atom stereocenters. The van der Waals surface area contributed by atoms with E-state index < -0.39 is 0 Å². The zero-order chi connectivity index (χ0) is 25.8. The summed E-state index contributed by atoms with van der Waals surface area (Å²) in [6.45, 7) is 11.8. The van der Waals surface area contributed by atoms with Crippen molar-refractivity contribution in [2.45, 2.75) is 39.8 Å². The number of anilines is 1. The van der Waals surface area contributed by atoms with Crippen molar-refractivity contribution in [2.75, 3.05) is 38.2 Å². The molecule has 3 heterocycles. The van der Waals surface area contributed by atoms with E-state index in [0.717, 1.165) is 67.3 Å². The van der Waals surface area contributed by atoms with Gasteiger partial charge in [-0.1, -0.05) is 38.1 Å². The number of rotatable bonds is 9. The van der Waals surface area contributed by atoms with Crippen molar-refractivity contribution in [3.8, 4) is 5.75 Å². The van der Waals surface area contributed by atoms with Crippen molar-refractivity contribution < 1.29 is 23.6 Å². The molecule has 0 bridgehead atoms. The minimum absolute atomic E-state index is 0.226. The van der Waals surface area contributed by atoms with Gasteiger partial charge in [-0.3, -0.25) is 10.1 Å². The first-order valence-electron chi connectivity index (χ1n) is 13.0. The van der Waals surface area contributed by atoms with Crippen LogP contribution in [0, 0.1) is 6.92 Å². The van der Waals surface area contributed by atoms with Crippen LogP contribution in [0.15, 0.2) is 59.0 Å². The van der Waals surface area contributed by atoms with Crippen LogP contribution in [0.3, 0.4) is 0 Å². The van der Waals surface area contributed by atoms with E-state index in [0.29, 0.717) is 17.6 Å². The van der Waals surface area contributed by atoms with Crippen LogP contribution in [0.4, 0.5) is 5.95 Å². The van der Waals surface area contributed by atoms with Gasteiger partial charge < -0.3 is 23.4 Å². The summed E-state index contributed by atoms with van der Waals surface area (Å²) in [6, 6.07) is 17.6. The van der Waals surface area contributed by atoms with Gasteiger partial charge in [0.1, 0.15) is 31.2 Å². The first-order valence-corrected chi connectivity index (χ1v) is 13.0. The van der Waals surface area contributed by atoms with E-state index in [4.69, 9.17) is 13.9 Å². The number of carbonyl (C=O) groups excluding carboxylic acids is 1. The highest BCUT2D eigenvalue weighted by atomic mass is 16.5. The molecule has 4 aromatic rings. The SMILES string of the molecule is Cc1ccc(C(C)C)c(OCc2ccc(C(=O)Nc3nc4ccccc4n3CC[NH+]3CCOCC3)o2)c1. The van der Waals surface area contributed by atoms with Crippen molar-refractivity contribution >= 4 is 22.9 Å². The van der Waals surface area contributed by atoms with Crippen LogP contribution < -0.4 is 15.0 Å². The lowest BCUT2D eigenvalue weighted by Crippen LogP contribution is -3.14. The maximum atomic E-state index is 13.1. The van der Waals surface area contributed by atoms with Crippen LogP contribution in [0.5, 0.6) is 5.75 Å². The molecule has 2 N–H and O–H groups in total. The molecule has 2 aromatic heterocycles. The number of benzene rings is 2. The molecule has 37 heavy (non-hydrogen) atoms. The molecule has 0 radical (unpaired) electrons. The lowest BCUT2D eigenvalue weighted by molar-refractivity contribution is -0.908. The molecule has 1 aliphatic rings. The number of imidazole rings is 1. The fourth-order valence-corrected chi connectivity index (χ4v) is 4.71. The molecule has 5 rings (SSSR count). The van der Waals surface area contributed by atoms with Gasteiger partial charge in [-0.05, 0) is 54.3 Å². The molecule has 0 aliphatic carbocycles. The molecule has 1 aliphatic heterocycles. The van der Waals surface area contributed by atoms with Crippen molar-refractivity contribution in [1.29, 1.82) is 0 Å². The topological polar surface area (TPSA) is 83.0 Å². The number of para-hydroxylation sites is 2. The zero-order valence-electron chi connectivity index (χ0n) is 21.8. The summed E-state index contributed by atoms with van der Waals surface area (Å²) in [6.07, 6.45) is 0. The predicted molar refractivity (Wildman–Crippen MR) is 142 cm³/mol. The summed E-state index contributed by atoms with van der Waals surface area (Å²) in [5.74, 6) is 2.19.